The van der Waals surface area contributed by atoms with Gasteiger partial charge in [0.1, 0.15) is 17.4 Å². The van der Waals surface area contributed by atoms with E-state index in [-0.39, 0.29) is 0 Å². The van der Waals surface area contributed by atoms with Crippen LogP contribution in [0.1, 0.15) is 65.8 Å². The lowest BCUT2D eigenvalue weighted by Gasteiger charge is -2.16. The Labute approximate surface area is 186 Å². The first-order chi connectivity index (χ1) is 14.8. The van der Waals surface area contributed by atoms with E-state index >= 15 is 0 Å². The summed E-state index contributed by atoms with van der Waals surface area (Å²) in [4.78, 5) is 6.43. The molecule has 0 spiro atoms. The van der Waals surface area contributed by atoms with Gasteiger partial charge in [0.05, 0.1) is 5.71 Å². The highest BCUT2D eigenvalue weighted by atomic mass is 35.5. The third-order valence-corrected chi connectivity index (χ3v) is 7.45. The number of hydrogen-bond acceptors (Lipinski definition) is 5. The molecule has 4 heterocycles. The van der Waals surface area contributed by atoms with Crippen LogP contribution < -0.4 is 5.32 Å². The molecule has 0 atom stereocenters. The van der Waals surface area contributed by atoms with Crippen LogP contribution in [0.4, 0.5) is 0 Å². The fourth-order valence-electron chi connectivity index (χ4n) is 4.39. The van der Waals surface area contributed by atoms with Crippen LogP contribution in [0.3, 0.4) is 0 Å². The molecule has 7 heteroatoms. The molecule has 2 aromatic heterocycles. The molecule has 0 saturated heterocycles. The van der Waals surface area contributed by atoms with Crippen molar-refractivity contribution < 1.29 is 0 Å². The maximum atomic E-state index is 6.62. The van der Waals surface area contributed by atoms with Gasteiger partial charge in [-0.2, -0.15) is 0 Å². The number of rotatable bonds is 6. The van der Waals surface area contributed by atoms with E-state index in [9.17, 15) is 0 Å². The Bertz CT molecular complexity index is 1100. The molecular weight excluding hydrogens is 414 g/mol. The number of aromatic nitrogens is 3. The van der Waals surface area contributed by atoms with E-state index in [2.05, 4.69) is 33.1 Å². The van der Waals surface area contributed by atoms with Crippen LogP contribution >= 0.6 is 22.9 Å². The number of thiophene rings is 1. The molecule has 2 aliphatic heterocycles. The lowest BCUT2D eigenvalue weighted by Crippen LogP contribution is -2.23. The third kappa shape index (κ3) is 3.51. The van der Waals surface area contributed by atoms with Crippen LogP contribution in [0.2, 0.25) is 5.02 Å². The second kappa shape index (κ2) is 8.61. The summed E-state index contributed by atoms with van der Waals surface area (Å²) in [7, 11) is 0. The van der Waals surface area contributed by atoms with E-state index in [1.165, 1.54) is 40.3 Å². The highest BCUT2D eigenvalue weighted by Crippen LogP contribution is 2.39. The molecule has 0 fully saturated rings. The number of nitrogens with one attached hydrogen (secondary N) is 1. The average Bonchev–Trinajstić information content (AvgIpc) is 3.30. The summed E-state index contributed by atoms with van der Waals surface area (Å²) in [6.45, 7) is 4.67. The molecule has 0 saturated carbocycles. The van der Waals surface area contributed by atoms with Crippen molar-refractivity contribution >= 4 is 28.6 Å². The first-order valence-electron chi connectivity index (χ1n) is 10.9. The van der Waals surface area contributed by atoms with Gasteiger partial charge in [0.15, 0.2) is 5.82 Å². The molecular formula is C23H26ClN5S. The van der Waals surface area contributed by atoms with Gasteiger partial charge in [-0.25, -0.2) is 0 Å². The van der Waals surface area contributed by atoms with Gasteiger partial charge in [-0.05, 0) is 31.0 Å². The van der Waals surface area contributed by atoms with Gasteiger partial charge < -0.3 is 5.32 Å². The topological polar surface area (TPSA) is 55.1 Å². The summed E-state index contributed by atoms with van der Waals surface area (Å²) in [5.41, 5.74) is 4.64. The highest BCUT2D eigenvalue weighted by molar-refractivity contribution is 7.15. The van der Waals surface area contributed by atoms with Gasteiger partial charge in [0.25, 0.3) is 0 Å². The zero-order chi connectivity index (χ0) is 20.5. The Morgan fingerprint density at radius 3 is 2.93 bits per heavy atom. The smallest absolute Gasteiger partial charge is 0.160 e. The SMILES string of the molecule is CCCCCCc1nnc2n1-c1sc3c(c1C(c1ccccc1Cl)=NC2)CCNC3. The molecule has 0 aliphatic carbocycles. The number of hydrogen-bond donors (Lipinski definition) is 1. The largest absolute Gasteiger partial charge is 0.312 e. The van der Waals surface area contributed by atoms with E-state index in [0.717, 1.165) is 60.3 Å². The molecule has 30 heavy (non-hydrogen) atoms. The van der Waals surface area contributed by atoms with Crippen molar-refractivity contribution in [2.45, 2.75) is 58.5 Å². The molecule has 0 radical (unpaired) electrons. The van der Waals surface area contributed by atoms with Crippen LogP contribution in [-0.2, 0) is 25.9 Å². The second-order valence-corrected chi connectivity index (χ2v) is 9.42. The molecule has 0 bridgehead atoms. The summed E-state index contributed by atoms with van der Waals surface area (Å²) in [5.74, 6) is 1.99. The van der Waals surface area contributed by atoms with Crippen LogP contribution in [0.5, 0.6) is 0 Å². The van der Waals surface area contributed by atoms with E-state index < -0.39 is 0 Å². The van der Waals surface area contributed by atoms with Gasteiger partial charge in [0, 0.05) is 34.0 Å². The summed E-state index contributed by atoms with van der Waals surface area (Å²) in [5, 5.41) is 14.6. The lowest BCUT2D eigenvalue weighted by atomic mass is 9.96. The van der Waals surface area contributed by atoms with E-state index in [4.69, 9.17) is 16.6 Å². The maximum Gasteiger partial charge on any atom is 0.160 e. The quantitative estimate of drug-likeness (QED) is 0.543. The molecule has 0 amide bonds. The van der Waals surface area contributed by atoms with E-state index in [1.807, 2.05) is 29.5 Å². The minimum Gasteiger partial charge on any atom is -0.312 e. The third-order valence-electron chi connectivity index (χ3n) is 5.91. The lowest BCUT2D eigenvalue weighted by molar-refractivity contribution is 0.645. The molecule has 0 unspecified atom stereocenters. The Hall–Kier alpha value is -2.02. The molecule has 2 aliphatic rings. The van der Waals surface area contributed by atoms with Crippen molar-refractivity contribution in [2.75, 3.05) is 6.54 Å². The molecule has 5 rings (SSSR count). The summed E-state index contributed by atoms with van der Waals surface area (Å²) in [6.07, 6.45) is 6.85. The Morgan fingerprint density at radius 2 is 2.07 bits per heavy atom. The number of unbranched alkanes of at least 4 members (excludes halogenated alkanes) is 3. The van der Waals surface area contributed by atoms with Crippen LogP contribution in [-0.4, -0.2) is 27.0 Å². The van der Waals surface area contributed by atoms with Crippen LogP contribution in [0, 0.1) is 0 Å². The fraction of sp³-hybridized carbons (Fsp3) is 0.435. The zero-order valence-corrected chi connectivity index (χ0v) is 18.8. The van der Waals surface area contributed by atoms with Gasteiger partial charge >= 0.3 is 0 Å². The van der Waals surface area contributed by atoms with Gasteiger partial charge in [0.2, 0.25) is 0 Å². The number of fused-ring (bicyclic) bond motifs is 5. The Morgan fingerprint density at radius 1 is 1.17 bits per heavy atom. The van der Waals surface area contributed by atoms with Crippen molar-refractivity contribution in [1.29, 1.82) is 0 Å². The van der Waals surface area contributed by atoms with Crippen molar-refractivity contribution in [3.05, 3.63) is 62.5 Å². The van der Waals surface area contributed by atoms with Crippen LogP contribution in [0.25, 0.3) is 5.00 Å². The molecule has 1 N–H and O–H groups in total. The maximum absolute atomic E-state index is 6.62. The zero-order valence-electron chi connectivity index (χ0n) is 17.2. The molecule has 1 aromatic carbocycles. The first kappa shape index (κ1) is 19.9. The Balaban J connectivity index is 1.64. The van der Waals surface area contributed by atoms with Crippen LogP contribution in [0.15, 0.2) is 29.3 Å². The van der Waals surface area contributed by atoms with Gasteiger partial charge in [-0.1, -0.05) is 56.0 Å². The van der Waals surface area contributed by atoms with Crippen molar-refractivity contribution in [2.24, 2.45) is 4.99 Å². The van der Waals surface area contributed by atoms with Gasteiger partial charge in [-0.15, -0.1) is 21.5 Å². The number of halogens is 1. The minimum absolute atomic E-state index is 0.525. The van der Waals surface area contributed by atoms with E-state index in [0.29, 0.717) is 6.54 Å². The number of aryl methyl sites for hydroxylation is 1. The van der Waals surface area contributed by atoms with Gasteiger partial charge in [-0.3, -0.25) is 9.56 Å². The summed E-state index contributed by atoms with van der Waals surface area (Å²) < 4.78 is 2.29. The summed E-state index contributed by atoms with van der Waals surface area (Å²) in [6, 6.07) is 8.03. The number of nitrogens with zero attached hydrogens (tertiary/aromatic N) is 4. The summed E-state index contributed by atoms with van der Waals surface area (Å²) >= 11 is 8.47. The van der Waals surface area contributed by atoms with Crippen molar-refractivity contribution in [3.63, 3.8) is 0 Å². The number of aliphatic imine (C=N–C) groups is 1. The average molecular weight is 440 g/mol. The van der Waals surface area contributed by atoms with Crippen molar-refractivity contribution in [1.82, 2.24) is 20.1 Å². The monoisotopic (exact) mass is 439 g/mol. The predicted molar refractivity (Wildman–Crippen MR) is 123 cm³/mol. The molecule has 5 nitrogen and oxygen atoms in total. The van der Waals surface area contributed by atoms with Crippen molar-refractivity contribution in [3.8, 4) is 5.00 Å². The first-order valence-corrected chi connectivity index (χ1v) is 12.1. The number of benzene rings is 1. The minimum atomic E-state index is 0.525. The molecule has 156 valence electrons. The standard InChI is InChI=1S/C23H26ClN5S/c1-2-3-4-5-10-19-27-28-20-14-26-22(15-8-6-7-9-17(15)24)21-16-11-12-25-13-18(16)30-23(21)29(19)20/h6-9,25H,2-5,10-14H2,1H3. The highest BCUT2D eigenvalue weighted by Gasteiger charge is 2.30. The Kier molecular flexibility index (Phi) is 5.72. The second-order valence-electron chi connectivity index (χ2n) is 7.93. The molecule has 3 aromatic rings. The fourth-order valence-corrected chi connectivity index (χ4v) is 5.97. The predicted octanol–water partition coefficient (Wildman–Crippen LogP) is 5.10. The normalized spacial score (nSPS) is 15.2. The van der Waals surface area contributed by atoms with E-state index in [1.54, 1.807) is 0 Å².